The van der Waals surface area contributed by atoms with Crippen LogP contribution in [0.1, 0.15) is 39.3 Å². The van der Waals surface area contributed by atoms with E-state index in [-0.39, 0.29) is 5.91 Å². The van der Waals surface area contributed by atoms with Crippen molar-refractivity contribution in [2.75, 3.05) is 11.4 Å². The smallest absolute Gasteiger partial charge is 0.308 e. The lowest BCUT2D eigenvalue weighted by Gasteiger charge is -2.30. The number of rotatable bonds is 1. The number of aryl methyl sites for hydroxylation is 4. The van der Waals surface area contributed by atoms with Crippen LogP contribution in [0.2, 0.25) is 0 Å². The van der Waals surface area contributed by atoms with E-state index >= 15 is 0 Å². The fraction of sp³-hybridized carbons (Fsp3) is 0.350. The van der Waals surface area contributed by atoms with Crippen LogP contribution in [-0.4, -0.2) is 27.2 Å². The maximum atomic E-state index is 13.4. The predicted molar refractivity (Wildman–Crippen MR) is 99.4 cm³/mol. The molecule has 0 fully saturated rings. The minimum Gasteiger partial charge on any atom is -0.308 e. The number of nitrogens with zero attached hydrogens (tertiary/aromatic N) is 4. The first-order chi connectivity index (χ1) is 13.2. The molecular weight excluding hydrogens is 369 g/mol. The minimum atomic E-state index is -4.40. The number of fused-ring (bicyclic) bond motifs is 2. The Bertz CT molecular complexity index is 1100. The number of hydrogen-bond donors (Lipinski definition) is 0. The normalized spacial score (nSPS) is 14.4. The van der Waals surface area contributed by atoms with Gasteiger partial charge in [-0.2, -0.15) is 18.3 Å². The van der Waals surface area contributed by atoms with Gasteiger partial charge in [-0.1, -0.05) is 0 Å². The molecule has 146 valence electrons. The van der Waals surface area contributed by atoms with Crippen LogP contribution in [-0.2, 0) is 19.6 Å². The highest BCUT2D eigenvalue weighted by Gasteiger charge is 2.33. The van der Waals surface area contributed by atoms with E-state index in [1.165, 1.54) is 6.07 Å². The van der Waals surface area contributed by atoms with Crippen LogP contribution in [0.4, 0.5) is 18.9 Å². The van der Waals surface area contributed by atoms with Crippen molar-refractivity contribution in [3.8, 4) is 0 Å². The Morgan fingerprint density at radius 1 is 1.18 bits per heavy atom. The predicted octanol–water partition coefficient (Wildman–Crippen LogP) is 4.20. The van der Waals surface area contributed by atoms with Crippen molar-refractivity contribution in [2.24, 2.45) is 7.05 Å². The lowest BCUT2D eigenvalue weighted by Crippen LogP contribution is -2.36. The number of amides is 1. The van der Waals surface area contributed by atoms with Gasteiger partial charge in [-0.3, -0.25) is 9.48 Å². The van der Waals surface area contributed by atoms with Gasteiger partial charge >= 0.3 is 6.18 Å². The number of halogens is 3. The van der Waals surface area contributed by atoms with Gasteiger partial charge in [-0.15, -0.1) is 0 Å². The number of anilines is 1. The Morgan fingerprint density at radius 3 is 2.64 bits per heavy atom. The molecule has 1 aliphatic rings. The van der Waals surface area contributed by atoms with Gasteiger partial charge in [0.25, 0.3) is 5.91 Å². The van der Waals surface area contributed by atoms with Crippen LogP contribution >= 0.6 is 0 Å². The van der Waals surface area contributed by atoms with E-state index in [4.69, 9.17) is 0 Å². The Kier molecular flexibility index (Phi) is 4.17. The summed E-state index contributed by atoms with van der Waals surface area (Å²) < 4.78 is 40.8. The van der Waals surface area contributed by atoms with Crippen LogP contribution in [0.25, 0.3) is 11.0 Å². The molecule has 1 amide bonds. The third kappa shape index (κ3) is 2.93. The summed E-state index contributed by atoms with van der Waals surface area (Å²) in [5.74, 6) is -0.243. The van der Waals surface area contributed by atoms with Gasteiger partial charge in [0.15, 0.2) is 5.65 Å². The van der Waals surface area contributed by atoms with Crippen LogP contribution < -0.4 is 4.90 Å². The molecule has 0 bridgehead atoms. The average molecular weight is 388 g/mol. The van der Waals surface area contributed by atoms with E-state index in [2.05, 4.69) is 10.1 Å². The first-order valence-electron chi connectivity index (χ1n) is 9.00. The van der Waals surface area contributed by atoms with Gasteiger partial charge in [0.2, 0.25) is 0 Å². The lowest BCUT2D eigenvalue weighted by molar-refractivity contribution is -0.137. The Balaban J connectivity index is 1.82. The fourth-order valence-corrected chi connectivity index (χ4v) is 3.87. The van der Waals surface area contributed by atoms with Crippen molar-refractivity contribution < 1.29 is 18.0 Å². The number of aromatic nitrogens is 3. The van der Waals surface area contributed by atoms with E-state index < -0.39 is 11.7 Å². The van der Waals surface area contributed by atoms with Gasteiger partial charge in [-0.25, -0.2) is 4.98 Å². The van der Waals surface area contributed by atoms with Crippen LogP contribution in [0, 0.1) is 13.8 Å². The second kappa shape index (κ2) is 6.32. The highest BCUT2D eigenvalue weighted by atomic mass is 19.4. The highest BCUT2D eigenvalue weighted by molar-refractivity contribution is 6.14. The molecule has 3 aromatic rings. The molecular formula is C20H19F3N4O. The van der Waals surface area contributed by atoms with Crippen molar-refractivity contribution in [2.45, 2.75) is 32.9 Å². The first kappa shape index (κ1) is 18.5. The molecule has 1 aliphatic heterocycles. The van der Waals surface area contributed by atoms with Crippen LogP contribution in [0.15, 0.2) is 24.3 Å². The topological polar surface area (TPSA) is 51.0 Å². The van der Waals surface area contributed by atoms with Gasteiger partial charge in [0, 0.05) is 25.0 Å². The summed E-state index contributed by atoms with van der Waals surface area (Å²) in [5.41, 5.74) is 2.85. The van der Waals surface area contributed by atoms with Crippen molar-refractivity contribution >= 4 is 22.6 Å². The molecule has 0 unspecified atom stereocenters. The molecule has 2 aromatic heterocycles. The minimum absolute atomic E-state index is 0.243. The summed E-state index contributed by atoms with van der Waals surface area (Å²) in [6.07, 6.45) is -3.28. The maximum Gasteiger partial charge on any atom is 0.416 e. The number of carbonyl (C=O) groups excluding carboxylic acids is 1. The molecule has 5 nitrogen and oxygen atoms in total. The average Bonchev–Trinajstić information content (AvgIpc) is 2.92. The largest absolute Gasteiger partial charge is 0.416 e. The summed E-state index contributed by atoms with van der Waals surface area (Å²) in [7, 11) is 1.77. The Morgan fingerprint density at radius 2 is 1.93 bits per heavy atom. The molecule has 0 atom stereocenters. The quantitative estimate of drug-likeness (QED) is 0.628. The second-order valence-corrected chi connectivity index (χ2v) is 7.12. The number of alkyl halides is 3. The van der Waals surface area contributed by atoms with Crippen molar-refractivity contribution in [3.05, 3.63) is 52.3 Å². The number of benzene rings is 1. The number of hydrogen-bond acceptors (Lipinski definition) is 3. The van der Waals surface area contributed by atoms with Crippen molar-refractivity contribution in [1.29, 1.82) is 0 Å². The van der Waals surface area contributed by atoms with E-state index in [1.807, 2.05) is 6.92 Å². The highest BCUT2D eigenvalue weighted by Crippen LogP contribution is 2.36. The molecule has 0 aliphatic carbocycles. The van der Waals surface area contributed by atoms with E-state index in [9.17, 15) is 18.0 Å². The van der Waals surface area contributed by atoms with Crippen molar-refractivity contribution in [3.63, 3.8) is 0 Å². The van der Waals surface area contributed by atoms with Gasteiger partial charge in [-0.05, 0) is 56.5 Å². The molecule has 8 heteroatoms. The molecule has 0 N–H and O–H groups in total. The van der Waals surface area contributed by atoms with E-state index in [0.717, 1.165) is 12.1 Å². The standard InChI is InChI=1S/C20H19F3N4O/c1-11-9-15(17-12(2)25-26(3)18(17)24-11)19(28)27-8-4-5-13-10-14(20(21,22)23)6-7-16(13)27/h6-7,9-10H,4-5,8H2,1-3H3. The van der Waals surface area contributed by atoms with Crippen molar-refractivity contribution in [1.82, 2.24) is 14.8 Å². The summed E-state index contributed by atoms with van der Waals surface area (Å²) in [6.45, 7) is 4.08. The zero-order valence-corrected chi connectivity index (χ0v) is 15.8. The number of carbonyl (C=O) groups is 1. The third-order valence-electron chi connectivity index (χ3n) is 5.10. The molecule has 1 aromatic carbocycles. The molecule has 0 saturated heterocycles. The van der Waals surface area contributed by atoms with E-state index in [0.29, 0.717) is 58.6 Å². The summed E-state index contributed by atoms with van der Waals surface area (Å²) in [4.78, 5) is 19.5. The first-order valence-corrected chi connectivity index (χ1v) is 9.00. The van der Waals surface area contributed by atoms with Crippen LogP contribution in [0.3, 0.4) is 0 Å². The summed E-state index contributed by atoms with van der Waals surface area (Å²) in [6, 6.07) is 5.30. The SMILES string of the molecule is Cc1cc(C(=O)N2CCCc3cc(C(F)(F)F)ccc32)c2c(C)nn(C)c2n1. The molecule has 28 heavy (non-hydrogen) atoms. The summed E-state index contributed by atoms with van der Waals surface area (Å²) in [5, 5.41) is 5.04. The monoisotopic (exact) mass is 388 g/mol. The molecule has 0 radical (unpaired) electrons. The molecule has 4 rings (SSSR count). The lowest BCUT2D eigenvalue weighted by atomic mass is 9.97. The third-order valence-corrected chi connectivity index (χ3v) is 5.10. The Labute approximate surface area is 159 Å². The van der Waals surface area contributed by atoms with Crippen LogP contribution in [0.5, 0.6) is 0 Å². The van der Waals surface area contributed by atoms with E-state index in [1.54, 1.807) is 29.6 Å². The second-order valence-electron chi connectivity index (χ2n) is 7.12. The van der Waals surface area contributed by atoms with Gasteiger partial charge < -0.3 is 4.90 Å². The Hall–Kier alpha value is -2.90. The fourth-order valence-electron chi connectivity index (χ4n) is 3.87. The molecule has 0 spiro atoms. The van der Waals surface area contributed by atoms with Gasteiger partial charge in [0.1, 0.15) is 0 Å². The zero-order chi connectivity index (χ0) is 20.2. The summed E-state index contributed by atoms with van der Waals surface area (Å²) >= 11 is 0. The zero-order valence-electron chi connectivity index (χ0n) is 15.8. The molecule has 3 heterocycles. The maximum absolute atomic E-state index is 13.4. The molecule has 0 saturated carbocycles. The number of pyridine rings is 1. The van der Waals surface area contributed by atoms with Gasteiger partial charge in [0.05, 0.1) is 22.2 Å².